The summed E-state index contributed by atoms with van der Waals surface area (Å²) < 4.78 is 0. The van der Waals surface area contributed by atoms with E-state index >= 15 is 0 Å². The molecule has 1 unspecified atom stereocenters. The van der Waals surface area contributed by atoms with Crippen LogP contribution in [0.2, 0.25) is 25.7 Å². The smallest absolute Gasteiger partial charge is 0.172 e. The Morgan fingerprint density at radius 1 is 1.22 bits per heavy atom. The first-order valence-corrected chi connectivity index (χ1v) is 10.1. The Bertz CT molecular complexity index is 442. The molecule has 0 N–H and O–H groups in total. The molecule has 1 nitrogen and oxygen atoms in total. The van der Waals surface area contributed by atoms with E-state index in [0.717, 1.165) is 17.2 Å². The zero-order valence-electron chi connectivity index (χ0n) is 12.2. The van der Waals surface area contributed by atoms with E-state index in [0.29, 0.717) is 0 Å². The van der Waals surface area contributed by atoms with Crippen LogP contribution in [0.25, 0.3) is 0 Å². The highest BCUT2D eigenvalue weighted by atomic mass is 28.3. The van der Waals surface area contributed by atoms with Gasteiger partial charge in [0.1, 0.15) is 0 Å². The van der Waals surface area contributed by atoms with E-state index in [1.165, 1.54) is 0 Å². The van der Waals surface area contributed by atoms with Gasteiger partial charge in [-0.05, 0) is 19.9 Å². The number of carbonyl (C=O) groups is 1. The molecule has 0 bridgehead atoms. The van der Waals surface area contributed by atoms with E-state index < -0.39 is 13.5 Å². The average Bonchev–Trinajstić information content (AvgIpc) is 2.26. The first-order valence-electron chi connectivity index (χ1n) is 6.43. The van der Waals surface area contributed by atoms with Gasteiger partial charge in [0.15, 0.2) is 5.78 Å². The van der Waals surface area contributed by atoms with Gasteiger partial charge in [0, 0.05) is 19.1 Å². The summed E-state index contributed by atoms with van der Waals surface area (Å²) in [5.41, 5.74) is 1.34. The fourth-order valence-corrected chi connectivity index (χ4v) is 4.98. The topological polar surface area (TPSA) is 17.1 Å². The number of carbonyl (C=O) groups excluding carboxylic acids is 1. The molecule has 18 heavy (non-hydrogen) atoms. The zero-order valence-corrected chi connectivity index (χ0v) is 13.2. The Morgan fingerprint density at radius 3 is 2.11 bits per heavy atom. The summed E-state index contributed by atoms with van der Waals surface area (Å²) in [5.74, 6) is 0.207. The Hall–Kier alpha value is -1.15. The first-order chi connectivity index (χ1) is 8.17. The molecule has 0 radical (unpaired) electrons. The molecule has 98 valence electrons. The molecular formula is C16H24OSi. The first kappa shape index (κ1) is 14.9. The second-order valence-corrected chi connectivity index (χ2v) is 12.0. The molecule has 0 aromatic heterocycles. The zero-order chi connectivity index (χ0) is 14.0. The molecule has 0 fully saturated rings. The molecule has 1 aromatic carbocycles. The summed E-state index contributed by atoms with van der Waals surface area (Å²) >= 11 is 0. The minimum Gasteiger partial charge on any atom is -0.293 e. The van der Waals surface area contributed by atoms with E-state index in [1.54, 1.807) is 0 Å². The van der Waals surface area contributed by atoms with Crippen LogP contribution in [0, 0.1) is 5.41 Å². The highest BCUT2D eigenvalue weighted by Crippen LogP contribution is 2.38. The number of hydrogen-bond donors (Lipinski definition) is 0. The number of ketones is 1. The van der Waals surface area contributed by atoms with Crippen molar-refractivity contribution in [3.8, 4) is 0 Å². The third kappa shape index (κ3) is 3.42. The van der Waals surface area contributed by atoms with E-state index in [2.05, 4.69) is 26.2 Å². The van der Waals surface area contributed by atoms with Gasteiger partial charge in [-0.2, -0.15) is 0 Å². The van der Waals surface area contributed by atoms with Crippen molar-refractivity contribution in [2.45, 2.75) is 39.5 Å². The van der Waals surface area contributed by atoms with Gasteiger partial charge in [0.25, 0.3) is 0 Å². The lowest BCUT2D eigenvalue weighted by atomic mass is 9.78. The molecule has 0 saturated heterocycles. The molecule has 0 aliphatic heterocycles. The monoisotopic (exact) mass is 260 g/mol. The SMILES string of the molecule is C=C(C)C(C)(C[Si](C)(C)C)C(=O)c1ccccc1. The summed E-state index contributed by atoms with van der Waals surface area (Å²) in [4.78, 5) is 12.7. The maximum absolute atomic E-state index is 12.7. The van der Waals surface area contributed by atoms with Crippen molar-refractivity contribution in [1.82, 2.24) is 0 Å². The van der Waals surface area contributed by atoms with Gasteiger partial charge in [-0.3, -0.25) is 4.79 Å². The normalized spacial score (nSPS) is 14.9. The van der Waals surface area contributed by atoms with Crippen molar-refractivity contribution in [3.63, 3.8) is 0 Å². The summed E-state index contributed by atoms with van der Waals surface area (Å²) in [7, 11) is -1.33. The van der Waals surface area contributed by atoms with Crippen LogP contribution in [0.4, 0.5) is 0 Å². The number of benzene rings is 1. The third-order valence-electron chi connectivity index (χ3n) is 3.36. The Labute approximate surface area is 112 Å². The summed E-state index contributed by atoms with van der Waals surface area (Å²) in [6.07, 6.45) is 0. The van der Waals surface area contributed by atoms with Gasteiger partial charge in [-0.25, -0.2) is 0 Å². The summed E-state index contributed by atoms with van der Waals surface area (Å²) in [6, 6.07) is 10.5. The largest absolute Gasteiger partial charge is 0.293 e. The van der Waals surface area contributed by atoms with E-state index in [4.69, 9.17) is 0 Å². The maximum Gasteiger partial charge on any atom is 0.172 e. The number of hydrogen-bond acceptors (Lipinski definition) is 1. The van der Waals surface area contributed by atoms with Crippen LogP contribution in [0.3, 0.4) is 0 Å². The molecule has 0 amide bonds. The summed E-state index contributed by atoms with van der Waals surface area (Å²) in [6.45, 7) is 15.0. The van der Waals surface area contributed by atoms with Gasteiger partial charge >= 0.3 is 0 Å². The second kappa shape index (κ2) is 5.23. The standard InChI is InChI=1S/C16H24OSi/c1-13(2)16(3,12-18(4,5)6)15(17)14-10-8-7-9-11-14/h7-11H,1,12H2,2-6H3. The van der Waals surface area contributed by atoms with E-state index in [-0.39, 0.29) is 5.78 Å². The quantitative estimate of drug-likeness (QED) is 0.422. The third-order valence-corrected chi connectivity index (χ3v) is 5.13. The molecule has 2 heteroatoms. The van der Waals surface area contributed by atoms with Crippen molar-refractivity contribution in [1.29, 1.82) is 0 Å². The Balaban J connectivity index is 3.14. The van der Waals surface area contributed by atoms with Crippen molar-refractivity contribution in [2.75, 3.05) is 0 Å². The predicted octanol–water partition coefficient (Wildman–Crippen LogP) is 4.79. The van der Waals surface area contributed by atoms with E-state index in [9.17, 15) is 4.79 Å². The fraction of sp³-hybridized carbons (Fsp3) is 0.438. The molecule has 0 heterocycles. The van der Waals surface area contributed by atoms with Gasteiger partial charge < -0.3 is 0 Å². The molecule has 0 aliphatic rings. The minimum atomic E-state index is -1.33. The van der Waals surface area contributed by atoms with Crippen molar-refractivity contribution in [2.24, 2.45) is 5.41 Å². The van der Waals surface area contributed by atoms with Gasteiger partial charge in [0.2, 0.25) is 0 Å². The van der Waals surface area contributed by atoms with Gasteiger partial charge in [0.05, 0.1) is 0 Å². The Kier molecular flexibility index (Phi) is 4.33. The van der Waals surface area contributed by atoms with Crippen LogP contribution < -0.4 is 0 Å². The van der Waals surface area contributed by atoms with Gasteiger partial charge in [-0.15, -0.1) is 0 Å². The van der Waals surface area contributed by atoms with Crippen molar-refractivity contribution < 1.29 is 4.79 Å². The van der Waals surface area contributed by atoms with Crippen LogP contribution in [-0.2, 0) is 0 Å². The van der Waals surface area contributed by atoms with Crippen LogP contribution in [0.5, 0.6) is 0 Å². The van der Waals surface area contributed by atoms with Crippen LogP contribution in [0.15, 0.2) is 42.5 Å². The number of allylic oxidation sites excluding steroid dienone is 1. The molecule has 0 saturated carbocycles. The highest BCUT2D eigenvalue weighted by Gasteiger charge is 2.38. The minimum absolute atomic E-state index is 0.207. The van der Waals surface area contributed by atoms with Crippen LogP contribution >= 0.6 is 0 Å². The molecular weight excluding hydrogens is 236 g/mol. The Morgan fingerprint density at radius 2 is 1.72 bits per heavy atom. The maximum atomic E-state index is 12.7. The second-order valence-electron chi connectivity index (χ2n) is 6.55. The van der Waals surface area contributed by atoms with Crippen LogP contribution in [0.1, 0.15) is 24.2 Å². The lowest BCUT2D eigenvalue weighted by Gasteiger charge is -2.34. The molecule has 1 atom stereocenters. The highest BCUT2D eigenvalue weighted by molar-refractivity contribution is 6.76. The summed E-state index contributed by atoms with van der Waals surface area (Å²) in [5, 5.41) is 0. The number of rotatable bonds is 5. The fourth-order valence-electron chi connectivity index (χ4n) is 2.39. The van der Waals surface area contributed by atoms with Crippen molar-refractivity contribution >= 4 is 13.9 Å². The van der Waals surface area contributed by atoms with E-state index in [1.807, 2.05) is 44.2 Å². The average molecular weight is 260 g/mol. The lowest BCUT2D eigenvalue weighted by molar-refractivity contribution is 0.0874. The lowest BCUT2D eigenvalue weighted by Crippen LogP contribution is -2.37. The molecule has 0 spiro atoms. The molecule has 1 rings (SSSR count). The molecule has 1 aromatic rings. The van der Waals surface area contributed by atoms with Gasteiger partial charge in [-0.1, -0.05) is 62.1 Å². The molecule has 0 aliphatic carbocycles. The van der Waals surface area contributed by atoms with Crippen LogP contribution in [-0.4, -0.2) is 13.9 Å². The predicted molar refractivity (Wildman–Crippen MR) is 81.8 cm³/mol. The van der Waals surface area contributed by atoms with Crippen molar-refractivity contribution in [3.05, 3.63) is 48.0 Å². The number of Topliss-reactive ketones (excluding diaryl/α,β-unsaturated/α-hetero) is 1.